The summed E-state index contributed by atoms with van der Waals surface area (Å²) in [6.45, 7) is 1.81. The molecule has 4 nitrogen and oxygen atoms in total. The fraction of sp³-hybridized carbons (Fsp3) is 0.0968. The highest BCUT2D eigenvalue weighted by Gasteiger charge is 2.18. The lowest BCUT2D eigenvalue weighted by Gasteiger charge is -2.19. The third-order valence-electron chi connectivity index (χ3n) is 6.67. The molecule has 2 heterocycles. The Labute approximate surface area is 215 Å². The largest absolute Gasteiger partial charge is 0.365 e. The average Bonchev–Trinajstić information content (AvgIpc) is 3.32. The van der Waals surface area contributed by atoms with Gasteiger partial charge in [-0.05, 0) is 77.7 Å². The molecule has 0 saturated heterocycles. The quantitative estimate of drug-likeness (QED) is 0.280. The molecule has 4 aromatic carbocycles. The molecule has 0 atom stereocenters. The molecule has 5 heteroatoms. The minimum atomic E-state index is -0.144. The summed E-state index contributed by atoms with van der Waals surface area (Å²) < 4.78 is 0. The number of pyridine rings is 1. The van der Waals surface area contributed by atoms with E-state index < -0.39 is 0 Å². The van der Waals surface area contributed by atoms with Crippen molar-refractivity contribution in [3.05, 3.63) is 125 Å². The summed E-state index contributed by atoms with van der Waals surface area (Å²) in [5, 5.41) is 4.71. The van der Waals surface area contributed by atoms with E-state index >= 15 is 0 Å². The van der Waals surface area contributed by atoms with Crippen LogP contribution in [0.25, 0.3) is 22.0 Å². The van der Waals surface area contributed by atoms with Gasteiger partial charge in [0.05, 0.1) is 17.8 Å². The molecule has 0 radical (unpaired) electrons. The van der Waals surface area contributed by atoms with Gasteiger partial charge < -0.3 is 10.2 Å². The highest BCUT2D eigenvalue weighted by Crippen LogP contribution is 2.29. The van der Waals surface area contributed by atoms with Crippen LogP contribution < -0.4 is 10.2 Å². The lowest BCUT2D eigenvalue weighted by molar-refractivity contribution is 0.102. The zero-order valence-corrected chi connectivity index (χ0v) is 20.4. The number of aromatic nitrogens is 1. The molecule has 36 heavy (non-hydrogen) atoms. The van der Waals surface area contributed by atoms with Crippen LogP contribution in [0, 0.1) is 0 Å². The van der Waals surface area contributed by atoms with E-state index in [-0.39, 0.29) is 5.91 Å². The van der Waals surface area contributed by atoms with Crippen molar-refractivity contribution in [3.8, 4) is 11.1 Å². The summed E-state index contributed by atoms with van der Waals surface area (Å²) >= 11 is 5.98. The van der Waals surface area contributed by atoms with E-state index in [1.807, 2.05) is 66.7 Å². The molecule has 0 bridgehead atoms. The van der Waals surface area contributed by atoms with E-state index in [9.17, 15) is 4.79 Å². The molecule has 1 aliphatic heterocycles. The Bertz CT molecular complexity index is 1560. The Morgan fingerprint density at radius 1 is 0.861 bits per heavy atom. The summed E-state index contributed by atoms with van der Waals surface area (Å²) in [6, 6.07) is 33.8. The van der Waals surface area contributed by atoms with Crippen LogP contribution in [-0.2, 0) is 13.0 Å². The van der Waals surface area contributed by atoms with E-state index in [2.05, 4.69) is 46.6 Å². The van der Waals surface area contributed by atoms with Gasteiger partial charge in [0.1, 0.15) is 0 Å². The van der Waals surface area contributed by atoms with Gasteiger partial charge in [-0.3, -0.25) is 9.78 Å². The molecule has 1 N–H and O–H groups in total. The van der Waals surface area contributed by atoms with Crippen LogP contribution in [0.2, 0.25) is 5.02 Å². The number of nitrogens with one attached hydrogen (secondary N) is 1. The lowest BCUT2D eigenvalue weighted by atomic mass is 10.0. The zero-order chi connectivity index (χ0) is 24.5. The van der Waals surface area contributed by atoms with Crippen LogP contribution in [0.1, 0.15) is 21.6 Å². The summed E-state index contributed by atoms with van der Waals surface area (Å²) in [5.41, 5.74) is 8.11. The maximum Gasteiger partial charge on any atom is 0.255 e. The number of rotatable bonds is 5. The van der Waals surface area contributed by atoms with Crippen molar-refractivity contribution in [3.63, 3.8) is 0 Å². The molecule has 176 valence electrons. The maximum absolute atomic E-state index is 12.8. The first-order valence-electron chi connectivity index (χ1n) is 12.0. The Morgan fingerprint density at radius 2 is 1.61 bits per heavy atom. The highest BCUT2D eigenvalue weighted by molar-refractivity contribution is 6.30. The number of para-hydroxylation sites is 1. The van der Waals surface area contributed by atoms with Gasteiger partial charge in [-0.2, -0.15) is 0 Å². The van der Waals surface area contributed by atoms with Gasteiger partial charge in [0.2, 0.25) is 0 Å². The van der Waals surface area contributed by atoms with Crippen LogP contribution >= 0.6 is 11.6 Å². The fourth-order valence-corrected chi connectivity index (χ4v) is 4.89. The summed E-state index contributed by atoms with van der Waals surface area (Å²) in [7, 11) is 0. The van der Waals surface area contributed by atoms with Crippen molar-refractivity contribution in [2.45, 2.75) is 13.0 Å². The minimum Gasteiger partial charge on any atom is -0.365 e. The van der Waals surface area contributed by atoms with Gasteiger partial charge in [-0.1, -0.05) is 60.1 Å². The van der Waals surface area contributed by atoms with Crippen molar-refractivity contribution in [1.29, 1.82) is 0 Å². The molecule has 0 saturated carbocycles. The minimum absolute atomic E-state index is 0.144. The maximum atomic E-state index is 12.8. The number of anilines is 2. The van der Waals surface area contributed by atoms with Crippen molar-refractivity contribution in [1.82, 2.24) is 4.98 Å². The number of carbonyl (C=O) groups is 1. The molecule has 1 amide bonds. The van der Waals surface area contributed by atoms with Gasteiger partial charge in [0.25, 0.3) is 5.91 Å². The number of carbonyl (C=O) groups excluding carboxylic acids is 1. The van der Waals surface area contributed by atoms with Crippen LogP contribution in [0.5, 0.6) is 0 Å². The molecule has 0 spiro atoms. The molecule has 0 unspecified atom stereocenters. The first-order valence-corrected chi connectivity index (χ1v) is 12.4. The summed E-state index contributed by atoms with van der Waals surface area (Å²) in [4.78, 5) is 20.1. The number of amides is 1. The second-order valence-corrected chi connectivity index (χ2v) is 9.49. The molecule has 6 rings (SSSR count). The third kappa shape index (κ3) is 4.56. The number of benzene rings is 4. The van der Waals surface area contributed by atoms with Crippen LogP contribution in [0.15, 0.2) is 103 Å². The topological polar surface area (TPSA) is 45.2 Å². The molecular formula is C31H24ClN3O. The number of hydrogen-bond acceptors (Lipinski definition) is 3. The highest BCUT2D eigenvalue weighted by atomic mass is 35.5. The van der Waals surface area contributed by atoms with Crippen molar-refractivity contribution in [2.75, 3.05) is 16.8 Å². The predicted molar refractivity (Wildman–Crippen MR) is 148 cm³/mol. The van der Waals surface area contributed by atoms with Gasteiger partial charge in [-0.15, -0.1) is 0 Å². The second-order valence-electron chi connectivity index (χ2n) is 9.05. The van der Waals surface area contributed by atoms with E-state index in [4.69, 9.17) is 16.6 Å². The van der Waals surface area contributed by atoms with E-state index in [1.54, 1.807) is 0 Å². The van der Waals surface area contributed by atoms with E-state index in [0.717, 1.165) is 52.9 Å². The standard InChI is InChI=1S/C31H24ClN3O/c32-26-12-9-22(10-13-26)21-5-7-24(8-6-21)31(36)34-27-15-16-29-25(19-27)11-14-28(33-29)20-35-18-17-23-3-1-2-4-30(23)35/h1-16,19H,17-18,20H2,(H,34,36). The fourth-order valence-electron chi connectivity index (χ4n) is 4.76. The van der Waals surface area contributed by atoms with Gasteiger partial charge >= 0.3 is 0 Å². The molecular weight excluding hydrogens is 466 g/mol. The van der Waals surface area contributed by atoms with Crippen LogP contribution in [0.4, 0.5) is 11.4 Å². The Balaban J connectivity index is 1.15. The van der Waals surface area contributed by atoms with Gasteiger partial charge in [-0.25, -0.2) is 0 Å². The lowest BCUT2D eigenvalue weighted by Crippen LogP contribution is -2.20. The van der Waals surface area contributed by atoms with E-state index in [1.165, 1.54) is 11.3 Å². The molecule has 1 aromatic heterocycles. The average molecular weight is 490 g/mol. The smallest absolute Gasteiger partial charge is 0.255 e. The van der Waals surface area contributed by atoms with Crippen molar-refractivity contribution in [2.24, 2.45) is 0 Å². The second kappa shape index (κ2) is 9.48. The number of fused-ring (bicyclic) bond motifs is 2. The summed E-state index contributed by atoms with van der Waals surface area (Å²) in [6.07, 6.45) is 1.08. The van der Waals surface area contributed by atoms with Crippen LogP contribution in [0.3, 0.4) is 0 Å². The molecule has 1 aliphatic rings. The van der Waals surface area contributed by atoms with Crippen molar-refractivity contribution >= 4 is 39.8 Å². The third-order valence-corrected chi connectivity index (χ3v) is 6.92. The van der Waals surface area contributed by atoms with Crippen molar-refractivity contribution < 1.29 is 4.79 Å². The number of hydrogen-bond donors (Lipinski definition) is 1. The normalized spacial score (nSPS) is 12.5. The van der Waals surface area contributed by atoms with Crippen LogP contribution in [-0.4, -0.2) is 17.4 Å². The Kier molecular flexibility index (Phi) is 5.88. The number of nitrogens with zero attached hydrogens (tertiary/aromatic N) is 2. The summed E-state index contributed by atoms with van der Waals surface area (Å²) in [5.74, 6) is -0.144. The zero-order valence-electron chi connectivity index (χ0n) is 19.6. The predicted octanol–water partition coefficient (Wildman–Crippen LogP) is 7.37. The Hall–Kier alpha value is -4.15. The van der Waals surface area contributed by atoms with Gasteiger partial charge in [0.15, 0.2) is 0 Å². The first-order chi connectivity index (χ1) is 17.6. The Morgan fingerprint density at radius 3 is 2.42 bits per heavy atom. The van der Waals surface area contributed by atoms with E-state index in [0.29, 0.717) is 10.6 Å². The molecule has 5 aromatic rings. The van der Waals surface area contributed by atoms with Gasteiger partial charge in [0, 0.05) is 33.9 Å². The first kappa shape index (κ1) is 22.3. The number of halogens is 1. The SMILES string of the molecule is O=C(Nc1ccc2nc(CN3CCc4ccccc43)ccc2c1)c1ccc(-c2ccc(Cl)cc2)cc1. The monoisotopic (exact) mass is 489 g/mol. The molecule has 0 aliphatic carbocycles. The molecule has 0 fully saturated rings.